The lowest BCUT2D eigenvalue weighted by atomic mass is 10.0. The molecule has 1 N–H and O–H groups in total. The van der Waals surface area contributed by atoms with E-state index in [0.29, 0.717) is 17.6 Å². The van der Waals surface area contributed by atoms with E-state index in [0.717, 1.165) is 19.3 Å². The minimum Gasteiger partial charge on any atom is -0.756 e. The average molecular weight is 624 g/mol. The van der Waals surface area contributed by atoms with Crippen molar-refractivity contribution < 1.29 is 42.1 Å². The predicted molar refractivity (Wildman–Crippen MR) is 165 cm³/mol. The SMILES string of the molecule is CCCCCCCCCCCCCCCCCCNC(=O)OCC(COP(=O)([O-])OCC[N+](C)(C)C)OC(=O)N(C)C. The van der Waals surface area contributed by atoms with E-state index in [9.17, 15) is 19.0 Å². The quantitative estimate of drug-likeness (QED) is 0.0647. The number of hydrogen-bond donors (Lipinski definition) is 1. The first-order valence-corrected chi connectivity index (χ1v) is 17.5. The summed E-state index contributed by atoms with van der Waals surface area (Å²) < 4.78 is 32.7. The summed E-state index contributed by atoms with van der Waals surface area (Å²) in [7, 11) is 4.06. The maximum atomic E-state index is 12.1. The normalized spacial score (nSPS) is 13.8. The Bertz CT molecular complexity index is 734. The zero-order chi connectivity index (χ0) is 31.7. The van der Waals surface area contributed by atoms with Crippen LogP contribution in [0.3, 0.4) is 0 Å². The summed E-state index contributed by atoms with van der Waals surface area (Å²) >= 11 is 0. The number of phosphoric acid groups is 1. The highest BCUT2D eigenvalue weighted by Crippen LogP contribution is 2.38. The maximum absolute atomic E-state index is 12.1. The number of amides is 2. The topological polar surface area (TPSA) is 126 Å². The monoisotopic (exact) mass is 623 g/mol. The molecule has 0 bridgehead atoms. The molecule has 11 nitrogen and oxygen atoms in total. The number of carbonyl (C=O) groups excluding carboxylic acids is 2. The van der Waals surface area contributed by atoms with Gasteiger partial charge in [0.15, 0.2) is 6.10 Å². The molecular weight excluding hydrogens is 561 g/mol. The second-order valence-electron chi connectivity index (χ2n) is 12.3. The van der Waals surface area contributed by atoms with Crippen molar-refractivity contribution in [2.24, 2.45) is 0 Å². The van der Waals surface area contributed by atoms with Crippen molar-refractivity contribution in [2.75, 3.05) is 68.1 Å². The minimum absolute atomic E-state index is 0.0509. The van der Waals surface area contributed by atoms with Crippen LogP contribution in [0, 0.1) is 0 Å². The van der Waals surface area contributed by atoms with E-state index in [-0.39, 0.29) is 13.2 Å². The van der Waals surface area contributed by atoms with Crippen LogP contribution in [0.15, 0.2) is 0 Å². The maximum Gasteiger partial charge on any atom is 0.409 e. The molecule has 0 heterocycles. The Labute approximate surface area is 256 Å². The Morgan fingerprint density at radius 2 is 1.26 bits per heavy atom. The summed E-state index contributed by atoms with van der Waals surface area (Å²) in [6.45, 7) is 2.25. The Hall–Kier alpha value is -1.39. The smallest absolute Gasteiger partial charge is 0.409 e. The first kappa shape index (κ1) is 40.6. The summed E-state index contributed by atoms with van der Waals surface area (Å²) in [4.78, 5) is 37.3. The van der Waals surface area contributed by atoms with Crippen molar-refractivity contribution in [3.63, 3.8) is 0 Å². The standard InChI is InChI=1S/C30H62N3O8P/c1-7-8-9-10-11-12-13-14-15-16-17-18-19-20-21-22-23-31-29(34)38-26-28(41-30(35)32(2)3)27-40-42(36,37)39-25-24-33(4,5)6/h28H,7-27H2,1-6H3,(H-,31,34,36,37). The summed E-state index contributed by atoms with van der Waals surface area (Å²) in [5, 5.41) is 2.68. The highest BCUT2D eigenvalue weighted by molar-refractivity contribution is 7.45. The third-order valence-electron chi connectivity index (χ3n) is 6.76. The number of rotatable bonds is 27. The van der Waals surface area contributed by atoms with E-state index in [1.165, 1.54) is 102 Å². The summed E-state index contributed by atoms with van der Waals surface area (Å²) in [5.74, 6) is 0. The van der Waals surface area contributed by atoms with Crippen LogP contribution in [-0.4, -0.2) is 95.8 Å². The number of unbranched alkanes of at least 4 members (excludes halogenated alkanes) is 15. The van der Waals surface area contributed by atoms with Crippen LogP contribution in [0.5, 0.6) is 0 Å². The molecule has 0 radical (unpaired) electrons. The zero-order valence-corrected chi connectivity index (χ0v) is 28.4. The predicted octanol–water partition coefficient (Wildman–Crippen LogP) is 6.25. The van der Waals surface area contributed by atoms with E-state index in [4.69, 9.17) is 18.5 Å². The van der Waals surface area contributed by atoms with Gasteiger partial charge in [-0.05, 0) is 6.42 Å². The zero-order valence-electron chi connectivity index (χ0n) is 27.5. The minimum atomic E-state index is -4.62. The third-order valence-corrected chi connectivity index (χ3v) is 7.73. The number of alkyl carbamates (subject to hydrolysis) is 1. The molecule has 0 saturated heterocycles. The number of carbonyl (C=O) groups is 2. The molecule has 0 aliphatic rings. The fraction of sp³-hybridized carbons (Fsp3) is 0.933. The van der Waals surface area contributed by atoms with Gasteiger partial charge in [-0.2, -0.15) is 0 Å². The van der Waals surface area contributed by atoms with Crippen molar-refractivity contribution >= 4 is 20.0 Å². The number of quaternary nitrogens is 1. The van der Waals surface area contributed by atoms with Crippen LogP contribution >= 0.6 is 7.82 Å². The molecule has 42 heavy (non-hydrogen) atoms. The molecule has 0 aromatic rings. The fourth-order valence-electron chi connectivity index (χ4n) is 4.09. The molecule has 0 aromatic heterocycles. The number of hydrogen-bond acceptors (Lipinski definition) is 8. The van der Waals surface area contributed by atoms with Gasteiger partial charge in [-0.15, -0.1) is 0 Å². The molecule has 0 aromatic carbocycles. The van der Waals surface area contributed by atoms with Gasteiger partial charge >= 0.3 is 12.2 Å². The molecule has 2 atom stereocenters. The van der Waals surface area contributed by atoms with Gasteiger partial charge in [0.2, 0.25) is 0 Å². The lowest BCUT2D eigenvalue weighted by molar-refractivity contribution is -0.870. The Morgan fingerprint density at radius 3 is 1.71 bits per heavy atom. The Morgan fingerprint density at radius 1 is 0.786 bits per heavy atom. The highest BCUT2D eigenvalue weighted by atomic mass is 31.2. The molecule has 250 valence electrons. The average Bonchev–Trinajstić information content (AvgIpc) is 2.90. The van der Waals surface area contributed by atoms with Gasteiger partial charge < -0.3 is 38.1 Å². The van der Waals surface area contributed by atoms with E-state index in [1.807, 2.05) is 21.1 Å². The van der Waals surface area contributed by atoms with Crippen LogP contribution in [0.1, 0.15) is 110 Å². The van der Waals surface area contributed by atoms with Crippen molar-refractivity contribution in [1.82, 2.24) is 10.2 Å². The number of nitrogens with one attached hydrogen (secondary N) is 1. The second kappa shape index (κ2) is 25.0. The Balaban J connectivity index is 3.99. The van der Waals surface area contributed by atoms with Gasteiger partial charge in [-0.3, -0.25) is 4.57 Å². The van der Waals surface area contributed by atoms with Crippen molar-refractivity contribution in [3.8, 4) is 0 Å². The van der Waals surface area contributed by atoms with Crippen molar-refractivity contribution in [1.29, 1.82) is 0 Å². The van der Waals surface area contributed by atoms with Crippen molar-refractivity contribution in [3.05, 3.63) is 0 Å². The van der Waals surface area contributed by atoms with Crippen LogP contribution < -0.4 is 10.2 Å². The van der Waals surface area contributed by atoms with Crippen LogP contribution in [-0.2, 0) is 23.1 Å². The fourth-order valence-corrected chi connectivity index (χ4v) is 4.81. The Kier molecular flexibility index (Phi) is 24.2. The first-order chi connectivity index (χ1) is 19.9. The lowest BCUT2D eigenvalue weighted by Gasteiger charge is -2.28. The molecule has 2 unspecified atom stereocenters. The molecule has 2 amide bonds. The number of nitrogens with zero attached hydrogens (tertiary/aromatic N) is 2. The van der Waals surface area contributed by atoms with Gasteiger partial charge in [-0.1, -0.05) is 103 Å². The van der Waals surface area contributed by atoms with Gasteiger partial charge in [0.05, 0.1) is 27.7 Å². The van der Waals surface area contributed by atoms with Gasteiger partial charge in [0.1, 0.15) is 19.8 Å². The van der Waals surface area contributed by atoms with Crippen LogP contribution in [0.2, 0.25) is 0 Å². The number of phosphoric ester groups is 1. The van der Waals surface area contributed by atoms with Crippen molar-refractivity contribution in [2.45, 2.75) is 116 Å². The highest BCUT2D eigenvalue weighted by Gasteiger charge is 2.22. The van der Waals surface area contributed by atoms with E-state index >= 15 is 0 Å². The number of likely N-dealkylation sites (N-methyl/N-ethyl adjacent to an activating group) is 1. The van der Waals surface area contributed by atoms with Gasteiger partial charge in [0.25, 0.3) is 7.82 Å². The van der Waals surface area contributed by atoms with E-state index in [2.05, 4.69) is 12.2 Å². The largest absolute Gasteiger partial charge is 0.756 e. The van der Waals surface area contributed by atoms with Crippen LogP contribution in [0.4, 0.5) is 9.59 Å². The second-order valence-corrected chi connectivity index (χ2v) is 13.7. The molecular formula is C30H62N3O8P. The first-order valence-electron chi connectivity index (χ1n) is 16.1. The molecule has 0 rings (SSSR count). The molecule has 0 aliphatic heterocycles. The third kappa shape index (κ3) is 27.4. The van der Waals surface area contributed by atoms with Gasteiger partial charge in [-0.25, -0.2) is 9.59 Å². The molecule has 0 spiro atoms. The van der Waals surface area contributed by atoms with E-state index < -0.39 is 32.7 Å². The summed E-state index contributed by atoms with van der Waals surface area (Å²) in [5.41, 5.74) is 0. The molecule has 0 saturated carbocycles. The van der Waals surface area contributed by atoms with Crippen LogP contribution in [0.25, 0.3) is 0 Å². The summed E-state index contributed by atoms with van der Waals surface area (Å²) in [6, 6.07) is 0. The molecule has 0 aliphatic carbocycles. The molecule has 12 heteroatoms. The molecule has 0 fully saturated rings. The summed E-state index contributed by atoms with van der Waals surface area (Å²) in [6.07, 6.45) is 18.0. The van der Waals surface area contributed by atoms with Gasteiger partial charge in [0, 0.05) is 20.6 Å². The van der Waals surface area contributed by atoms with E-state index in [1.54, 1.807) is 0 Å². The lowest BCUT2D eigenvalue weighted by Crippen LogP contribution is -2.38. The number of ether oxygens (including phenoxy) is 2.